The zero-order valence-corrected chi connectivity index (χ0v) is 19.7. The van der Waals surface area contributed by atoms with Gasteiger partial charge in [-0.1, -0.05) is 0 Å². The molecule has 9 N–H and O–H groups in total. The van der Waals surface area contributed by atoms with Gasteiger partial charge in [0, 0.05) is 6.42 Å². The number of aliphatic hydroxyl groups excluding tert-OH is 8. The molecule has 212 valence electrons. The summed E-state index contributed by atoms with van der Waals surface area (Å²) in [6, 6.07) is 0. The summed E-state index contributed by atoms with van der Waals surface area (Å²) in [5.41, 5.74) is 0. The Kier molecular flexibility index (Phi) is 9.99. The van der Waals surface area contributed by atoms with E-state index in [0.717, 1.165) is 0 Å². The van der Waals surface area contributed by atoms with Crippen LogP contribution in [-0.4, -0.2) is 153 Å². The summed E-state index contributed by atoms with van der Waals surface area (Å²) in [4.78, 5) is 0. The van der Waals surface area contributed by atoms with E-state index in [0.29, 0.717) is 0 Å². The highest BCUT2D eigenvalue weighted by Gasteiger charge is 2.51. The predicted molar refractivity (Wildman–Crippen MR) is 109 cm³/mol. The first-order valence-corrected chi connectivity index (χ1v) is 12.4. The minimum Gasteiger partial charge on any atom is -0.394 e. The van der Waals surface area contributed by atoms with Crippen LogP contribution in [0, 0.1) is 0 Å². The Labute approximate surface area is 205 Å². The van der Waals surface area contributed by atoms with Crippen LogP contribution < -0.4 is 0 Å². The van der Waals surface area contributed by atoms with E-state index < -0.39 is 110 Å². The first-order chi connectivity index (χ1) is 16.8. The minimum atomic E-state index is -5.15. The average molecular weight is 553 g/mol. The summed E-state index contributed by atoms with van der Waals surface area (Å²) < 4.78 is 62.5. The third-order valence-electron chi connectivity index (χ3n) is 6.13. The molecule has 0 radical (unpaired) electrons. The fourth-order valence-electron chi connectivity index (χ4n) is 4.17. The number of hydrogen-bond donors (Lipinski definition) is 9. The molecule has 0 aromatic rings. The van der Waals surface area contributed by atoms with E-state index in [-0.39, 0.29) is 6.42 Å². The fraction of sp³-hybridized carbons (Fsp3) is 1.00. The van der Waals surface area contributed by atoms with Gasteiger partial charge in [0.1, 0.15) is 54.9 Å². The monoisotopic (exact) mass is 552 g/mol. The number of ether oxygens (including phenoxy) is 5. The molecule has 0 spiro atoms. The van der Waals surface area contributed by atoms with Gasteiger partial charge in [0.15, 0.2) is 18.9 Å². The van der Waals surface area contributed by atoms with Crippen LogP contribution in [0.5, 0.6) is 0 Å². The van der Waals surface area contributed by atoms with E-state index in [2.05, 4.69) is 4.18 Å². The molecule has 17 nitrogen and oxygen atoms in total. The second-order valence-corrected chi connectivity index (χ2v) is 9.75. The lowest BCUT2D eigenvalue weighted by molar-refractivity contribution is -0.371. The maximum absolute atomic E-state index is 11.1. The molecule has 3 aliphatic rings. The van der Waals surface area contributed by atoms with Crippen LogP contribution in [0.1, 0.15) is 13.3 Å². The molecule has 0 bridgehead atoms. The summed E-state index contributed by atoms with van der Waals surface area (Å²) in [6.45, 7) is -0.212. The van der Waals surface area contributed by atoms with Gasteiger partial charge in [0.25, 0.3) is 0 Å². The van der Waals surface area contributed by atoms with Crippen LogP contribution in [0.2, 0.25) is 0 Å². The summed E-state index contributed by atoms with van der Waals surface area (Å²) in [5, 5.41) is 80.2. The quantitative estimate of drug-likeness (QED) is 0.127. The smallest absolute Gasteiger partial charge is 0.394 e. The molecule has 3 rings (SSSR count). The van der Waals surface area contributed by atoms with Crippen molar-refractivity contribution in [2.45, 2.75) is 99.4 Å². The SMILES string of the molecule is C[C@@H]1O[C@@H](OC2C[C@@H](O)[C@H](OC3O[C@H](CO)[C@H](O)[C@H](OS(=O)(=O)O)[C@H]3O)[C@@H](CO)O2)[C@@H](O)[C@H](O)[C@@H]1O. The second kappa shape index (κ2) is 12.0. The molecule has 0 aromatic carbocycles. The molecule has 3 saturated heterocycles. The summed E-state index contributed by atoms with van der Waals surface area (Å²) >= 11 is 0. The van der Waals surface area contributed by atoms with Crippen molar-refractivity contribution in [2.75, 3.05) is 13.2 Å². The minimum absolute atomic E-state index is 0.347. The lowest BCUT2D eigenvalue weighted by Crippen LogP contribution is -2.63. The molecule has 14 atom stereocenters. The van der Waals surface area contributed by atoms with E-state index in [9.17, 15) is 49.3 Å². The molecular weight excluding hydrogens is 520 g/mol. The van der Waals surface area contributed by atoms with Crippen molar-refractivity contribution in [3.63, 3.8) is 0 Å². The molecule has 3 aliphatic heterocycles. The van der Waals surface area contributed by atoms with Crippen molar-refractivity contribution in [2.24, 2.45) is 0 Å². The number of aliphatic hydroxyl groups is 8. The van der Waals surface area contributed by atoms with Crippen molar-refractivity contribution in [1.29, 1.82) is 0 Å². The fourth-order valence-corrected chi connectivity index (χ4v) is 4.68. The summed E-state index contributed by atoms with van der Waals surface area (Å²) in [5.74, 6) is 0. The normalized spacial score (nSPS) is 48.6. The molecule has 2 unspecified atom stereocenters. The van der Waals surface area contributed by atoms with Crippen LogP contribution in [0.25, 0.3) is 0 Å². The highest BCUT2D eigenvalue weighted by atomic mass is 32.3. The first-order valence-electron chi connectivity index (χ1n) is 11.0. The average Bonchev–Trinajstić information content (AvgIpc) is 2.81. The van der Waals surface area contributed by atoms with Crippen molar-refractivity contribution in [1.82, 2.24) is 0 Å². The van der Waals surface area contributed by atoms with Gasteiger partial charge >= 0.3 is 10.4 Å². The van der Waals surface area contributed by atoms with Gasteiger partial charge < -0.3 is 64.5 Å². The molecule has 0 aliphatic carbocycles. The van der Waals surface area contributed by atoms with E-state index in [1.807, 2.05) is 0 Å². The Morgan fingerprint density at radius 3 is 1.94 bits per heavy atom. The van der Waals surface area contributed by atoms with Gasteiger partial charge in [-0.15, -0.1) is 0 Å². The maximum atomic E-state index is 11.1. The third-order valence-corrected chi connectivity index (χ3v) is 6.59. The first kappa shape index (κ1) is 29.9. The van der Waals surface area contributed by atoms with Gasteiger partial charge in [-0.25, -0.2) is 4.18 Å². The molecule has 18 heteroatoms. The molecule has 0 saturated carbocycles. The summed E-state index contributed by atoms with van der Waals surface area (Å²) in [6.07, 6.45) is -22.2. The number of hydrogen-bond acceptors (Lipinski definition) is 16. The molecule has 0 aromatic heterocycles. The Morgan fingerprint density at radius 1 is 0.750 bits per heavy atom. The van der Waals surface area contributed by atoms with Crippen molar-refractivity contribution >= 4 is 10.4 Å². The Bertz CT molecular complexity index is 813. The van der Waals surface area contributed by atoms with Gasteiger partial charge in [-0.2, -0.15) is 8.42 Å². The Balaban J connectivity index is 1.68. The third kappa shape index (κ3) is 6.67. The number of rotatable bonds is 8. The Morgan fingerprint density at radius 2 is 1.36 bits per heavy atom. The highest BCUT2D eigenvalue weighted by Crippen LogP contribution is 2.32. The van der Waals surface area contributed by atoms with Crippen molar-refractivity contribution in [3.05, 3.63) is 0 Å². The lowest BCUT2D eigenvalue weighted by Gasteiger charge is -2.46. The second-order valence-electron chi connectivity index (χ2n) is 8.70. The van der Waals surface area contributed by atoms with Gasteiger partial charge in [0.2, 0.25) is 0 Å². The van der Waals surface area contributed by atoms with Crippen LogP contribution in [0.15, 0.2) is 0 Å². The lowest BCUT2D eigenvalue weighted by atomic mass is 9.98. The van der Waals surface area contributed by atoms with Crippen LogP contribution >= 0.6 is 0 Å². The standard InChI is InChI=1S/C18H32O17S/c1-5-10(22)12(24)13(25)17(30-5)33-9-2-6(21)15(8(4-20)31-9)34-18-14(26)16(35-36(27,28)29)11(23)7(3-19)32-18/h5-26H,2-4H2,1H3,(H,27,28,29)/t5-,6+,7+,8+,9?,10+,11-,12+,13-,14+,15-,16-,17-,18?/m0/s1. The van der Waals surface area contributed by atoms with E-state index >= 15 is 0 Å². The molecule has 3 fully saturated rings. The predicted octanol–water partition coefficient (Wildman–Crippen LogP) is -5.69. The van der Waals surface area contributed by atoms with E-state index in [1.165, 1.54) is 6.92 Å². The molecule has 3 heterocycles. The van der Waals surface area contributed by atoms with Gasteiger partial charge in [0.05, 0.1) is 25.4 Å². The van der Waals surface area contributed by atoms with Gasteiger partial charge in [-0.05, 0) is 6.92 Å². The zero-order chi connectivity index (χ0) is 26.9. The zero-order valence-electron chi connectivity index (χ0n) is 18.9. The van der Waals surface area contributed by atoms with Crippen LogP contribution in [-0.2, 0) is 38.3 Å². The highest BCUT2D eigenvalue weighted by molar-refractivity contribution is 7.80. The molecular formula is C18H32O17S. The topological polar surface area (TPSA) is 272 Å². The maximum Gasteiger partial charge on any atom is 0.397 e. The van der Waals surface area contributed by atoms with E-state index in [1.54, 1.807) is 0 Å². The van der Waals surface area contributed by atoms with Gasteiger partial charge in [-0.3, -0.25) is 4.55 Å². The van der Waals surface area contributed by atoms with Crippen molar-refractivity contribution < 1.29 is 81.7 Å². The molecule has 0 amide bonds. The largest absolute Gasteiger partial charge is 0.397 e. The summed E-state index contributed by atoms with van der Waals surface area (Å²) in [7, 11) is -5.15. The van der Waals surface area contributed by atoms with E-state index in [4.69, 9.17) is 28.2 Å². The van der Waals surface area contributed by atoms with Crippen molar-refractivity contribution in [3.8, 4) is 0 Å². The Hall–Kier alpha value is -0.650. The van der Waals surface area contributed by atoms with Crippen LogP contribution in [0.4, 0.5) is 0 Å². The van der Waals surface area contributed by atoms with Crippen LogP contribution in [0.3, 0.4) is 0 Å². The molecule has 36 heavy (non-hydrogen) atoms.